The molecular weight excluding hydrogens is 482 g/mol. The lowest BCUT2D eigenvalue weighted by Gasteiger charge is -2.42. The minimum atomic E-state index is -2.32. The van der Waals surface area contributed by atoms with Crippen LogP contribution in [0.1, 0.15) is 59.1 Å². The van der Waals surface area contributed by atoms with E-state index in [9.17, 15) is 14.7 Å². The number of alkyl carbamates (subject to hydrolysis) is 1. The molecule has 6 nitrogen and oxygen atoms in total. The topological polar surface area (TPSA) is 84.9 Å². The van der Waals surface area contributed by atoms with Crippen LogP contribution < -0.4 is 5.32 Å². The van der Waals surface area contributed by atoms with Crippen LogP contribution in [0.3, 0.4) is 0 Å². The van der Waals surface area contributed by atoms with Crippen LogP contribution in [0.15, 0.2) is 60.7 Å². The highest BCUT2D eigenvalue weighted by Gasteiger charge is 2.42. The van der Waals surface area contributed by atoms with Crippen LogP contribution in [0.2, 0.25) is 18.1 Å². The monoisotopic (exact) mass is 527 g/mol. The molecule has 204 valence electrons. The first-order chi connectivity index (χ1) is 17.1. The van der Waals surface area contributed by atoms with Gasteiger partial charge in [0.2, 0.25) is 0 Å². The molecule has 0 saturated carbocycles. The average molecular weight is 528 g/mol. The van der Waals surface area contributed by atoms with E-state index in [1.165, 1.54) is 0 Å². The van der Waals surface area contributed by atoms with Crippen molar-refractivity contribution in [1.82, 2.24) is 5.32 Å². The third-order valence-electron chi connectivity index (χ3n) is 6.89. The Kier molecular flexibility index (Phi) is 10.5. The molecule has 0 saturated heterocycles. The lowest BCUT2D eigenvalue weighted by Crippen LogP contribution is -2.54. The molecule has 0 fully saturated rings. The van der Waals surface area contributed by atoms with Gasteiger partial charge in [-0.15, -0.1) is 0 Å². The molecule has 2 aromatic rings. The third-order valence-corrected chi connectivity index (χ3v) is 11.4. The lowest BCUT2D eigenvalue weighted by atomic mass is 9.89. The van der Waals surface area contributed by atoms with Crippen LogP contribution >= 0.6 is 0 Å². The van der Waals surface area contributed by atoms with Crippen molar-refractivity contribution in [2.45, 2.75) is 96.7 Å². The van der Waals surface area contributed by atoms with Crippen molar-refractivity contribution < 1.29 is 23.9 Å². The smallest absolute Gasteiger partial charge is 0.407 e. The fourth-order valence-corrected chi connectivity index (χ4v) is 5.27. The highest BCUT2D eigenvalue weighted by Crippen LogP contribution is 2.39. The van der Waals surface area contributed by atoms with Crippen LogP contribution in [0.25, 0.3) is 0 Å². The average Bonchev–Trinajstić information content (AvgIpc) is 2.77. The van der Waals surface area contributed by atoms with Gasteiger partial charge in [-0.05, 0) is 69.3 Å². The maximum Gasteiger partial charge on any atom is 0.407 e. The van der Waals surface area contributed by atoms with Gasteiger partial charge in [0.1, 0.15) is 5.60 Å². The molecule has 7 heteroatoms. The first kappa shape index (κ1) is 30.6. The zero-order valence-corrected chi connectivity index (χ0v) is 24.7. The largest absolute Gasteiger partial charge is 0.481 e. The molecule has 0 unspecified atom stereocenters. The molecule has 0 aliphatic rings. The quantitative estimate of drug-likeness (QED) is 0.312. The van der Waals surface area contributed by atoms with Gasteiger partial charge in [-0.25, -0.2) is 4.79 Å². The fraction of sp³-hybridized carbons (Fsp3) is 0.533. The maximum atomic E-state index is 12.9. The summed E-state index contributed by atoms with van der Waals surface area (Å²) >= 11 is 0. The van der Waals surface area contributed by atoms with Gasteiger partial charge in [0.05, 0.1) is 18.1 Å². The number of rotatable bonds is 11. The molecule has 1 amide bonds. The van der Waals surface area contributed by atoms with Crippen LogP contribution in [0, 0.1) is 5.92 Å². The summed E-state index contributed by atoms with van der Waals surface area (Å²) in [5.74, 6) is -1.54. The molecule has 0 aromatic heterocycles. The number of nitrogens with one attached hydrogen (secondary N) is 1. The summed E-state index contributed by atoms with van der Waals surface area (Å²) in [7, 11) is -2.32. The Hall–Kier alpha value is -2.64. The highest BCUT2D eigenvalue weighted by atomic mass is 28.4. The van der Waals surface area contributed by atoms with Crippen molar-refractivity contribution >= 4 is 20.4 Å². The Morgan fingerprint density at radius 3 is 1.78 bits per heavy atom. The number of carboxylic acid groups (broad SMARTS) is 1. The number of aliphatic carboxylic acids is 1. The number of carboxylic acids is 1. The van der Waals surface area contributed by atoms with Gasteiger partial charge in [0.25, 0.3) is 0 Å². The molecule has 3 atom stereocenters. The standard InChI is InChI=1S/C30H45NO5Si/c1-29(2,3)35-28(34)31-25(20-23-17-13-10-14-18-23)26(36-37(7,8)30(4,5)6)21-24(27(32)33)19-22-15-11-9-12-16-22/h9-18,24-26H,19-21H2,1-8H3,(H,31,34)(H,32,33)/t24-,25-,26-/m0/s1. The lowest BCUT2D eigenvalue weighted by molar-refractivity contribution is -0.142. The summed E-state index contributed by atoms with van der Waals surface area (Å²) in [5, 5.41) is 13.1. The minimum absolute atomic E-state index is 0.0907. The van der Waals surface area contributed by atoms with Gasteiger partial charge < -0.3 is 19.6 Å². The van der Waals surface area contributed by atoms with Crippen molar-refractivity contribution in [3.05, 3.63) is 71.8 Å². The van der Waals surface area contributed by atoms with Crippen LogP contribution in [0.5, 0.6) is 0 Å². The fourth-order valence-electron chi connectivity index (χ4n) is 3.90. The Morgan fingerprint density at radius 1 is 0.865 bits per heavy atom. The van der Waals surface area contributed by atoms with Crippen molar-refractivity contribution in [2.24, 2.45) is 5.92 Å². The number of hydrogen-bond acceptors (Lipinski definition) is 4. The number of hydrogen-bond donors (Lipinski definition) is 2. The van der Waals surface area contributed by atoms with Crippen LogP contribution in [0.4, 0.5) is 4.79 Å². The van der Waals surface area contributed by atoms with E-state index in [2.05, 4.69) is 39.2 Å². The third kappa shape index (κ3) is 10.3. The van der Waals surface area contributed by atoms with Gasteiger partial charge in [0.15, 0.2) is 8.32 Å². The predicted octanol–water partition coefficient (Wildman–Crippen LogP) is 6.85. The summed E-state index contributed by atoms with van der Waals surface area (Å²) < 4.78 is 12.5. The Balaban J connectivity index is 2.46. The van der Waals surface area contributed by atoms with Crippen molar-refractivity contribution in [3.8, 4) is 0 Å². The summed E-state index contributed by atoms with van der Waals surface area (Å²) in [6, 6.07) is 19.0. The first-order valence-corrected chi connectivity index (χ1v) is 16.0. The van der Waals surface area contributed by atoms with E-state index in [1.807, 2.05) is 81.4 Å². The van der Waals surface area contributed by atoms with E-state index in [0.717, 1.165) is 11.1 Å². The number of amides is 1. The zero-order chi connectivity index (χ0) is 27.9. The molecular formula is C30H45NO5Si. The minimum Gasteiger partial charge on any atom is -0.481 e. The second kappa shape index (κ2) is 12.7. The number of carbonyl (C=O) groups is 2. The van der Waals surface area contributed by atoms with Gasteiger partial charge in [-0.3, -0.25) is 4.79 Å². The molecule has 0 bridgehead atoms. The summed E-state index contributed by atoms with van der Waals surface area (Å²) in [6.07, 6.45) is 0.102. The normalized spacial score (nSPS) is 14.9. The van der Waals surface area contributed by atoms with Gasteiger partial charge in [0, 0.05) is 0 Å². The summed E-state index contributed by atoms with van der Waals surface area (Å²) in [6.45, 7) is 16.2. The van der Waals surface area contributed by atoms with E-state index in [-0.39, 0.29) is 11.5 Å². The molecule has 0 radical (unpaired) electrons. The van der Waals surface area contributed by atoms with Crippen LogP contribution in [-0.2, 0) is 26.8 Å². The highest BCUT2D eigenvalue weighted by molar-refractivity contribution is 6.74. The second-order valence-electron chi connectivity index (χ2n) is 12.3. The molecule has 0 heterocycles. The first-order valence-electron chi connectivity index (χ1n) is 13.1. The Morgan fingerprint density at radius 2 is 1.35 bits per heavy atom. The van der Waals surface area contributed by atoms with Gasteiger partial charge in [-0.2, -0.15) is 0 Å². The molecule has 2 rings (SSSR count). The number of carbonyl (C=O) groups excluding carboxylic acids is 1. The number of ether oxygens (including phenoxy) is 1. The molecule has 37 heavy (non-hydrogen) atoms. The predicted molar refractivity (Wildman–Crippen MR) is 151 cm³/mol. The van der Waals surface area contributed by atoms with E-state index < -0.39 is 44.0 Å². The van der Waals surface area contributed by atoms with Crippen molar-refractivity contribution in [1.29, 1.82) is 0 Å². The maximum absolute atomic E-state index is 12.9. The van der Waals surface area contributed by atoms with E-state index >= 15 is 0 Å². The molecule has 2 N–H and O–H groups in total. The molecule has 0 aliphatic carbocycles. The van der Waals surface area contributed by atoms with Gasteiger partial charge >= 0.3 is 12.1 Å². The summed E-state index contributed by atoms with van der Waals surface area (Å²) in [4.78, 5) is 25.4. The Bertz CT molecular complexity index is 996. The van der Waals surface area contributed by atoms with E-state index in [4.69, 9.17) is 9.16 Å². The van der Waals surface area contributed by atoms with Crippen molar-refractivity contribution in [2.75, 3.05) is 0 Å². The van der Waals surface area contributed by atoms with E-state index in [0.29, 0.717) is 12.8 Å². The van der Waals surface area contributed by atoms with Crippen LogP contribution in [-0.4, -0.2) is 43.2 Å². The molecule has 2 aromatic carbocycles. The molecule has 0 aliphatic heterocycles. The SMILES string of the molecule is CC(C)(C)OC(=O)N[C@@H](Cc1ccccc1)[C@H](C[C@H](Cc1ccccc1)C(=O)O)O[Si](C)(C)C(C)(C)C. The van der Waals surface area contributed by atoms with Crippen molar-refractivity contribution in [3.63, 3.8) is 0 Å². The number of benzene rings is 2. The van der Waals surface area contributed by atoms with E-state index in [1.54, 1.807) is 0 Å². The molecule has 0 spiro atoms. The zero-order valence-electron chi connectivity index (χ0n) is 23.7. The second-order valence-corrected chi connectivity index (χ2v) is 17.1. The summed E-state index contributed by atoms with van der Waals surface area (Å²) in [5.41, 5.74) is 1.33. The Labute approximate surface area is 223 Å². The van der Waals surface area contributed by atoms with Gasteiger partial charge in [-0.1, -0.05) is 81.4 Å².